The second-order valence-corrected chi connectivity index (χ2v) is 6.03. The van der Waals surface area contributed by atoms with Gasteiger partial charge >= 0.3 is 0 Å². The predicted octanol–water partition coefficient (Wildman–Crippen LogP) is 4.08. The normalized spacial score (nSPS) is 10.6. The van der Waals surface area contributed by atoms with Crippen molar-refractivity contribution in [1.82, 2.24) is 0 Å². The van der Waals surface area contributed by atoms with E-state index in [0.29, 0.717) is 11.6 Å². The lowest BCUT2D eigenvalue weighted by molar-refractivity contribution is -0.120. The topological polar surface area (TPSA) is 49.4 Å². The number of halogens is 2. The van der Waals surface area contributed by atoms with E-state index in [0.717, 1.165) is 17.7 Å². The molecule has 0 aromatic heterocycles. The first-order chi connectivity index (χ1) is 11.8. The Labute approximate surface area is 145 Å². The average Bonchev–Trinajstić information content (AvgIpc) is 2.56. The van der Waals surface area contributed by atoms with Gasteiger partial charge in [-0.3, -0.25) is 9.59 Å². The van der Waals surface area contributed by atoms with E-state index in [1.165, 1.54) is 17.9 Å². The number of anilines is 2. The summed E-state index contributed by atoms with van der Waals surface area (Å²) in [4.78, 5) is 25.4. The Morgan fingerprint density at radius 3 is 2.20 bits per heavy atom. The van der Waals surface area contributed by atoms with Gasteiger partial charge in [-0.15, -0.1) is 0 Å². The van der Waals surface area contributed by atoms with Crippen molar-refractivity contribution < 1.29 is 18.4 Å². The fourth-order valence-corrected chi connectivity index (χ4v) is 2.34. The second kappa shape index (κ2) is 7.88. The molecular formula is C19H20F2N2O2. The van der Waals surface area contributed by atoms with Crippen LogP contribution < -0.4 is 10.2 Å². The zero-order valence-corrected chi connectivity index (χ0v) is 14.3. The summed E-state index contributed by atoms with van der Waals surface area (Å²) in [6.07, 6.45) is 0. The number of rotatable bonds is 5. The van der Waals surface area contributed by atoms with E-state index in [4.69, 9.17) is 0 Å². The Morgan fingerprint density at radius 1 is 1.04 bits per heavy atom. The quantitative estimate of drug-likeness (QED) is 0.887. The van der Waals surface area contributed by atoms with Crippen LogP contribution in [0.5, 0.6) is 0 Å². The maximum atomic E-state index is 13.2. The lowest BCUT2D eigenvalue weighted by Gasteiger charge is -2.21. The molecule has 0 aliphatic rings. The van der Waals surface area contributed by atoms with Gasteiger partial charge in [0.25, 0.3) is 0 Å². The van der Waals surface area contributed by atoms with Crippen molar-refractivity contribution in [2.24, 2.45) is 0 Å². The highest BCUT2D eigenvalue weighted by atomic mass is 19.2. The van der Waals surface area contributed by atoms with Gasteiger partial charge in [-0.1, -0.05) is 26.0 Å². The molecule has 0 bridgehead atoms. The molecule has 2 aromatic carbocycles. The molecule has 2 amide bonds. The van der Waals surface area contributed by atoms with E-state index in [-0.39, 0.29) is 18.1 Å². The van der Waals surface area contributed by atoms with Crippen molar-refractivity contribution >= 4 is 23.2 Å². The first-order valence-electron chi connectivity index (χ1n) is 7.91. The van der Waals surface area contributed by atoms with Crippen molar-refractivity contribution in [3.63, 3.8) is 0 Å². The fourth-order valence-electron chi connectivity index (χ4n) is 2.34. The number of hydrogen-bond acceptors (Lipinski definition) is 2. The number of hydrogen-bond donors (Lipinski definition) is 1. The minimum absolute atomic E-state index is 0.127. The summed E-state index contributed by atoms with van der Waals surface area (Å²) in [7, 11) is 0. The SMILES string of the molecule is CC(=O)N(CC(=O)Nc1ccc(F)c(F)c1)c1ccc(C(C)C)cc1. The molecule has 0 aliphatic carbocycles. The lowest BCUT2D eigenvalue weighted by atomic mass is 10.0. The van der Waals surface area contributed by atoms with Gasteiger partial charge in [0, 0.05) is 24.4 Å². The molecule has 0 radical (unpaired) electrons. The van der Waals surface area contributed by atoms with Gasteiger partial charge in [0.15, 0.2) is 11.6 Å². The molecular weight excluding hydrogens is 326 g/mol. The summed E-state index contributed by atoms with van der Waals surface area (Å²) >= 11 is 0. The van der Waals surface area contributed by atoms with Crippen molar-refractivity contribution in [1.29, 1.82) is 0 Å². The monoisotopic (exact) mass is 346 g/mol. The summed E-state index contributed by atoms with van der Waals surface area (Å²) < 4.78 is 26.1. The zero-order chi connectivity index (χ0) is 18.6. The number of nitrogens with one attached hydrogen (secondary N) is 1. The van der Waals surface area contributed by atoms with Crippen LogP contribution in [0.1, 0.15) is 32.3 Å². The van der Waals surface area contributed by atoms with Crippen LogP contribution in [-0.2, 0) is 9.59 Å². The van der Waals surface area contributed by atoms with Crippen LogP contribution in [0.15, 0.2) is 42.5 Å². The summed E-state index contributed by atoms with van der Waals surface area (Å²) in [5.41, 5.74) is 1.85. The van der Waals surface area contributed by atoms with Crippen molar-refractivity contribution in [2.45, 2.75) is 26.7 Å². The third-order valence-electron chi connectivity index (χ3n) is 3.76. The Kier molecular flexibility index (Phi) is 5.85. The largest absolute Gasteiger partial charge is 0.324 e. The smallest absolute Gasteiger partial charge is 0.244 e. The van der Waals surface area contributed by atoms with Crippen molar-refractivity contribution in [3.8, 4) is 0 Å². The van der Waals surface area contributed by atoms with E-state index in [2.05, 4.69) is 19.2 Å². The Morgan fingerprint density at radius 2 is 1.68 bits per heavy atom. The average molecular weight is 346 g/mol. The Hall–Kier alpha value is -2.76. The summed E-state index contributed by atoms with van der Waals surface area (Å²) in [6, 6.07) is 10.4. The minimum atomic E-state index is -1.05. The lowest BCUT2D eigenvalue weighted by Crippen LogP contribution is -2.36. The first kappa shape index (κ1) is 18.6. The second-order valence-electron chi connectivity index (χ2n) is 6.03. The predicted molar refractivity (Wildman–Crippen MR) is 93.5 cm³/mol. The molecule has 25 heavy (non-hydrogen) atoms. The van der Waals surface area contributed by atoms with Gasteiger partial charge < -0.3 is 10.2 Å². The summed E-state index contributed by atoms with van der Waals surface area (Å²) in [6.45, 7) is 5.26. The van der Waals surface area contributed by atoms with Crippen LogP contribution in [0.3, 0.4) is 0 Å². The van der Waals surface area contributed by atoms with Crippen LogP contribution in [-0.4, -0.2) is 18.4 Å². The van der Waals surface area contributed by atoms with Gasteiger partial charge in [-0.05, 0) is 35.7 Å². The molecule has 2 rings (SSSR count). The van der Waals surface area contributed by atoms with Crippen LogP contribution in [0.25, 0.3) is 0 Å². The van der Waals surface area contributed by atoms with Crippen molar-refractivity contribution in [2.75, 3.05) is 16.8 Å². The maximum Gasteiger partial charge on any atom is 0.244 e. The van der Waals surface area contributed by atoms with E-state index < -0.39 is 17.5 Å². The Balaban J connectivity index is 2.11. The highest BCUT2D eigenvalue weighted by Gasteiger charge is 2.16. The summed E-state index contributed by atoms with van der Waals surface area (Å²) in [5, 5.41) is 2.46. The molecule has 6 heteroatoms. The molecule has 0 unspecified atom stereocenters. The van der Waals surface area contributed by atoms with Crippen LogP contribution in [0.2, 0.25) is 0 Å². The van der Waals surface area contributed by atoms with Crippen LogP contribution in [0, 0.1) is 11.6 Å². The summed E-state index contributed by atoms with van der Waals surface area (Å²) in [5.74, 6) is -2.48. The molecule has 0 atom stereocenters. The standard InChI is InChI=1S/C19H20F2N2O2/c1-12(2)14-4-7-16(8-5-14)23(13(3)24)11-19(25)22-15-6-9-17(20)18(21)10-15/h4-10,12H,11H2,1-3H3,(H,22,25). The van der Waals surface area contributed by atoms with Gasteiger partial charge in [-0.2, -0.15) is 0 Å². The number of amides is 2. The van der Waals surface area contributed by atoms with E-state index in [9.17, 15) is 18.4 Å². The Bertz CT molecular complexity index is 773. The van der Waals surface area contributed by atoms with Gasteiger partial charge in [-0.25, -0.2) is 8.78 Å². The molecule has 0 aliphatic heterocycles. The third-order valence-corrected chi connectivity index (χ3v) is 3.76. The molecule has 132 valence electrons. The van der Waals surface area contributed by atoms with Gasteiger partial charge in [0.1, 0.15) is 6.54 Å². The van der Waals surface area contributed by atoms with Crippen LogP contribution in [0.4, 0.5) is 20.2 Å². The van der Waals surface area contributed by atoms with Gasteiger partial charge in [0.2, 0.25) is 11.8 Å². The molecule has 0 spiro atoms. The molecule has 2 aromatic rings. The molecule has 0 fully saturated rings. The van der Waals surface area contributed by atoms with Crippen molar-refractivity contribution in [3.05, 3.63) is 59.7 Å². The maximum absolute atomic E-state index is 13.2. The number of benzene rings is 2. The number of nitrogens with zero attached hydrogens (tertiary/aromatic N) is 1. The highest BCUT2D eigenvalue weighted by Crippen LogP contribution is 2.20. The van der Waals surface area contributed by atoms with E-state index >= 15 is 0 Å². The van der Waals surface area contributed by atoms with Gasteiger partial charge in [0.05, 0.1) is 0 Å². The number of carbonyl (C=O) groups excluding carboxylic acids is 2. The number of carbonyl (C=O) groups is 2. The molecule has 0 saturated carbocycles. The van der Waals surface area contributed by atoms with E-state index in [1.54, 1.807) is 12.1 Å². The zero-order valence-electron chi connectivity index (χ0n) is 14.3. The first-order valence-corrected chi connectivity index (χ1v) is 7.91. The van der Waals surface area contributed by atoms with Crippen LogP contribution >= 0.6 is 0 Å². The molecule has 1 N–H and O–H groups in total. The molecule has 0 heterocycles. The highest BCUT2D eigenvalue weighted by molar-refractivity contribution is 6.01. The minimum Gasteiger partial charge on any atom is -0.324 e. The molecule has 0 saturated heterocycles. The molecule has 4 nitrogen and oxygen atoms in total. The fraction of sp³-hybridized carbons (Fsp3) is 0.263. The van der Waals surface area contributed by atoms with E-state index in [1.807, 2.05) is 12.1 Å². The third kappa shape index (κ3) is 4.86.